The van der Waals surface area contributed by atoms with E-state index in [4.69, 9.17) is 0 Å². The van der Waals surface area contributed by atoms with Crippen LogP contribution < -0.4 is 5.32 Å². The number of benzene rings is 2. The molecule has 3 rings (SSSR count). The van der Waals surface area contributed by atoms with Crippen LogP contribution in [-0.4, -0.2) is 35.4 Å². The maximum atomic E-state index is 13.7. The highest BCUT2D eigenvalue weighted by Gasteiger charge is 2.14. The number of para-hydroxylation sites is 1. The molecule has 5 heteroatoms. The first-order valence-corrected chi connectivity index (χ1v) is 9.79. The van der Waals surface area contributed by atoms with Crippen LogP contribution in [0.5, 0.6) is 0 Å². The van der Waals surface area contributed by atoms with E-state index in [0.29, 0.717) is 12.0 Å². The predicted molar refractivity (Wildman–Crippen MR) is 102 cm³/mol. The van der Waals surface area contributed by atoms with Gasteiger partial charge in [0.1, 0.15) is 5.82 Å². The fraction of sp³-hybridized carbons (Fsp3) is 0.350. The number of nitrogens with one attached hydrogen (secondary N) is 1. The van der Waals surface area contributed by atoms with E-state index in [1.165, 1.54) is 6.07 Å². The van der Waals surface area contributed by atoms with Gasteiger partial charge in [-0.25, -0.2) is 4.39 Å². The van der Waals surface area contributed by atoms with Gasteiger partial charge < -0.3 is 5.32 Å². The third-order valence-electron chi connectivity index (χ3n) is 4.37. The van der Waals surface area contributed by atoms with Crippen LogP contribution in [-0.2, 0) is 17.8 Å². The van der Waals surface area contributed by atoms with E-state index in [1.54, 1.807) is 18.2 Å². The van der Waals surface area contributed by atoms with Crippen molar-refractivity contribution in [3.63, 3.8) is 0 Å². The van der Waals surface area contributed by atoms with Crippen molar-refractivity contribution < 1.29 is 9.18 Å². The molecular weight excluding hydrogens is 335 g/mol. The number of carbonyl (C=O) groups excluding carboxylic acids is 1. The zero-order chi connectivity index (χ0) is 17.5. The van der Waals surface area contributed by atoms with Crippen LogP contribution in [0.15, 0.2) is 48.5 Å². The van der Waals surface area contributed by atoms with E-state index in [1.807, 2.05) is 30.0 Å². The first-order valence-electron chi connectivity index (χ1n) is 8.63. The summed E-state index contributed by atoms with van der Waals surface area (Å²) in [4.78, 5) is 14.7. The number of thioether (sulfide) groups is 1. The fourth-order valence-electron chi connectivity index (χ4n) is 2.94. The van der Waals surface area contributed by atoms with Gasteiger partial charge in [-0.1, -0.05) is 36.4 Å². The Morgan fingerprint density at radius 2 is 1.72 bits per heavy atom. The minimum Gasteiger partial charge on any atom is -0.326 e. The Morgan fingerprint density at radius 1 is 1.04 bits per heavy atom. The summed E-state index contributed by atoms with van der Waals surface area (Å²) in [5.74, 6) is 2.00. The third-order valence-corrected chi connectivity index (χ3v) is 5.31. The van der Waals surface area contributed by atoms with Crippen molar-refractivity contribution in [3.05, 3.63) is 65.5 Å². The first kappa shape index (κ1) is 18.0. The van der Waals surface area contributed by atoms with Gasteiger partial charge in [0.25, 0.3) is 0 Å². The molecule has 2 aromatic rings. The maximum Gasteiger partial charge on any atom is 0.224 e. The van der Waals surface area contributed by atoms with E-state index in [-0.39, 0.29) is 18.1 Å². The molecule has 1 heterocycles. The zero-order valence-corrected chi connectivity index (χ0v) is 15.0. The Bertz CT molecular complexity index is 716. The number of rotatable bonds is 6. The third kappa shape index (κ3) is 5.31. The molecule has 0 atom stereocenters. The number of aryl methyl sites for hydroxylation is 1. The quantitative estimate of drug-likeness (QED) is 0.849. The lowest BCUT2D eigenvalue weighted by molar-refractivity contribution is -0.116. The second-order valence-electron chi connectivity index (χ2n) is 6.19. The number of nitrogens with zero attached hydrogens (tertiary/aromatic N) is 1. The lowest BCUT2D eigenvalue weighted by Crippen LogP contribution is -2.32. The molecule has 0 aromatic heterocycles. The fourth-order valence-corrected chi connectivity index (χ4v) is 3.92. The van der Waals surface area contributed by atoms with Crippen LogP contribution in [0.2, 0.25) is 0 Å². The molecular formula is C20H23FN2OS. The number of hydrogen-bond donors (Lipinski definition) is 1. The zero-order valence-electron chi connectivity index (χ0n) is 14.2. The van der Waals surface area contributed by atoms with Crippen LogP contribution in [0, 0.1) is 5.82 Å². The summed E-state index contributed by atoms with van der Waals surface area (Å²) < 4.78 is 13.7. The number of carbonyl (C=O) groups is 1. The second kappa shape index (κ2) is 9.02. The van der Waals surface area contributed by atoms with E-state index in [2.05, 4.69) is 16.3 Å². The lowest BCUT2D eigenvalue weighted by atomic mass is 10.1. The van der Waals surface area contributed by atoms with Crippen LogP contribution in [0.25, 0.3) is 0 Å². The summed E-state index contributed by atoms with van der Waals surface area (Å²) in [6.07, 6.45) is 0.680. The molecule has 1 saturated heterocycles. The van der Waals surface area contributed by atoms with Gasteiger partial charge in [-0.15, -0.1) is 0 Å². The maximum absolute atomic E-state index is 13.7. The summed E-state index contributed by atoms with van der Waals surface area (Å²) in [5.41, 5.74) is 2.57. The monoisotopic (exact) mass is 358 g/mol. The van der Waals surface area contributed by atoms with Gasteiger partial charge in [-0.05, 0) is 29.7 Å². The van der Waals surface area contributed by atoms with E-state index in [9.17, 15) is 9.18 Å². The minimum absolute atomic E-state index is 0.0788. The highest BCUT2D eigenvalue weighted by molar-refractivity contribution is 7.99. The average Bonchev–Trinajstić information content (AvgIpc) is 2.64. The molecule has 0 bridgehead atoms. The van der Waals surface area contributed by atoms with Gasteiger partial charge in [-0.2, -0.15) is 11.8 Å². The lowest BCUT2D eigenvalue weighted by Gasteiger charge is -2.27. The van der Waals surface area contributed by atoms with Crippen LogP contribution >= 0.6 is 11.8 Å². The van der Waals surface area contributed by atoms with Crippen LogP contribution in [0.1, 0.15) is 17.5 Å². The molecule has 2 aromatic carbocycles. The van der Waals surface area contributed by atoms with Gasteiger partial charge in [-0.3, -0.25) is 9.69 Å². The molecule has 0 unspecified atom stereocenters. The molecule has 0 spiro atoms. The average molecular weight is 358 g/mol. The van der Waals surface area contributed by atoms with Crippen molar-refractivity contribution in [2.45, 2.75) is 19.4 Å². The highest BCUT2D eigenvalue weighted by atomic mass is 32.2. The first-order chi connectivity index (χ1) is 12.2. The van der Waals surface area contributed by atoms with Crippen molar-refractivity contribution >= 4 is 23.4 Å². The molecule has 1 fully saturated rings. The molecule has 3 nitrogen and oxygen atoms in total. The minimum atomic E-state index is -0.251. The Balaban J connectivity index is 1.58. The number of anilines is 1. The summed E-state index contributed by atoms with van der Waals surface area (Å²) >= 11 is 1.99. The number of halogens is 1. The summed E-state index contributed by atoms with van der Waals surface area (Å²) in [5, 5.41) is 3.00. The summed E-state index contributed by atoms with van der Waals surface area (Å²) in [6, 6.07) is 14.6. The Hall–Kier alpha value is -1.85. The van der Waals surface area contributed by atoms with Crippen molar-refractivity contribution in [1.29, 1.82) is 0 Å². The van der Waals surface area contributed by atoms with Gasteiger partial charge in [0.15, 0.2) is 0 Å². The number of amides is 1. The highest BCUT2D eigenvalue weighted by Crippen LogP contribution is 2.20. The molecule has 0 aliphatic carbocycles. The Labute approximate surface area is 152 Å². The smallest absolute Gasteiger partial charge is 0.224 e. The largest absolute Gasteiger partial charge is 0.326 e. The molecule has 0 saturated carbocycles. The molecule has 1 N–H and O–H groups in total. The summed E-state index contributed by atoms with van der Waals surface area (Å²) in [7, 11) is 0. The van der Waals surface area contributed by atoms with Gasteiger partial charge in [0.2, 0.25) is 5.91 Å². The van der Waals surface area contributed by atoms with Crippen molar-refractivity contribution in [1.82, 2.24) is 4.90 Å². The predicted octanol–water partition coefficient (Wildman–Crippen LogP) is 3.95. The van der Waals surface area contributed by atoms with Crippen LogP contribution in [0.3, 0.4) is 0 Å². The van der Waals surface area contributed by atoms with Crippen molar-refractivity contribution in [3.8, 4) is 0 Å². The van der Waals surface area contributed by atoms with Gasteiger partial charge in [0, 0.05) is 43.2 Å². The Morgan fingerprint density at radius 3 is 2.48 bits per heavy atom. The van der Waals surface area contributed by atoms with E-state index in [0.717, 1.165) is 42.4 Å². The molecule has 1 amide bonds. The number of hydrogen-bond acceptors (Lipinski definition) is 3. The molecule has 1 aliphatic heterocycles. The molecule has 25 heavy (non-hydrogen) atoms. The van der Waals surface area contributed by atoms with Crippen molar-refractivity contribution in [2.24, 2.45) is 0 Å². The second-order valence-corrected chi connectivity index (χ2v) is 7.41. The standard InChI is InChI=1S/C20H23FN2OS/c21-18-7-3-1-5-16(18)9-10-20(24)22-19-8-4-2-6-17(19)15-23-11-13-25-14-12-23/h1-8H,9-15H2,(H,22,24). The molecule has 1 aliphatic rings. The molecule has 0 radical (unpaired) electrons. The van der Waals surface area contributed by atoms with Gasteiger partial charge >= 0.3 is 0 Å². The van der Waals surface area contributed by atoms with E-state index < -0.39 is 0 Å². The van der Waals surface area contributed by atoms with Crippen LogP contribution in [0.4, 0.5) is 10.1 Å². The summed E-state index contributed by atoms with van der Waals surface area (Å²) in [6.45, 7) is 3.02. The van der Waals surface area contributed by atoms with E-state index >= 15 is 0 Å². The SMILES string of the molecule is O=C(CCc1ccccc1F)Nc1ccccc1CN1CCSCC1. The van der Waals surface area contributed by atoms with Crippen molar-refractivity contribution in [2.75, 3.05) is 29.9 Å². The topological polar surface area (TPSA) is 32.3 Å². The Kier molecular flexibility index (Phi) is 6.48. The molecule has 132 valence electrons. The van der Waals surface area contributed by atoms with Gasteiger partial charge in [0.05, 0.1) is 0 Å². The normalized spacial score (nSPS) is 15.1.